The number of methoxy groups -OCH3 is 1. The van der Waals surface area contributed by atoms with Crippen molar-refractivity contribution in [1.29, 1.82) is 0 Å². The number of halogens is 1. The molecule has 0 saturated carbocycles. The maximum atomic E-state index is 13.1. The fraction of sp³-hybridized carbons (Fsp3) is 0.471. The lowest BCUT2D eigenvalue weighted by molar-refractivity contribution is -0.146. The summed E-state index contributed by atoms with van der Waals surface area (Å²) in [4.78, 5) is 35.4. The van der Waals surface area contributed by atoms with E-state index in [0.717, 1.165) is 0 Å². The van der Waals surface area contributed by atoms with Crippen LogP contribution in [0, 0.1) is 11.7 Å². The molecule has 0 fully saturated rings. The largest absolute Gasteiger partial charge is 0.467 e. The van der Waals surface area contributed by atoms with Gasteiger partial charge in [0.15, 0.2) is 0 Å². The summed E-state index contributed by atoms with van der Waals surface area (Å²) in [6, 6.07) is 4.93. The molecule has 0 aliphatic heterocycles. The first-order valence-corrected chi connectivity index (χ1v) is 7.75. The van der Waals surface area contributed by atoms with Gasteiger partial charge in [0.05, 0.1) is 20.1 Å². The minimum absolute atomic E-state index is 0.0309. The number of hydrogen-bond acceptors (Lipinski definition) is 4. The molecule has 132 valence electrons. The summed E-state index contributed by atoms with van der Waals surface area (Å²) in [6.45, 7) is 3.45. The van der Waals surface area contributed by atoms with Crippen molar-refractivity contribution >= 4 is 17.8 Å². The van der Waals surface area contributed by atoms with E-state index < -0.39 is 29.6 Å². The van der Waals surface area contributed by atoms with E-state index in [1.54, 1.807) is 6.07 Å². The van der Waals surface area contributed by atoms with E-state index >= 15 is 0 Å². The van der Waals surface area contributed by atoms with Crippen LogP contribution >= 0.6 is 0 Å². The summed E-state index contributed by atoms with van der Waals surface area (Å²) in [6.07, 6.45) is 0.656. The molecule has 1 aromatic carbocycles. The van der Waals surface area contributed by atoms with Crippen LogP contribution in [-0.4, -0.2) is 37.5 Å². The van der Waals surface area contributed by atoms with Crippen molar-refractivity contribution in [2.75, 3.05) is 13.7 Å². The average Bonchev–Trinajstić information content (AvgIpc) is 2.56. The van der Waals surface area contributed by atoms with Crippen LogP contribution in [0.3, 0.4) is 0 Å². The fourth-order valence-electron chi connectivity index (χ4n) is 2.09. The summed E-state index contributed by atoms with van der Waals surface area (Å²) < 4.78 is 17.7. The predicted molar refractivity (Wildman–Crippen MR) is 86.5 cm³/mol. The van der Waals surface area contributed by atoms with Crippen molar-refractivity contribution in [3.63, 3.8) is 0 Å². The quantitative estimate of drug-likeness (QED) is 0.697. The van der Waals surface area contributed by atoms with Crippen molar-refractivity contribution in [2.24, 2.45) is 5.92 Å². The Morgan fingerprint density at radius 2 is 1.96 bits per heavy atom. The van der Waals surface area contributed by atoms with E-state index in [1.807, 2.05) is 13.8 Å². The minimum Gasteiger partial charge on any atom is -0.467 e. The van der Waals surface area contributed by atoms with Gasteiger partial charge in [-0.1, -0.05) is 32.4 Å². The first kappa shape index (κ1) is 19.6. The highest BCUT2D eigenvalue weighted by Gasteiger charge is 2.26. The highest BCUT2D eigenvalue weighted by molar-refractivity contribution is 5.88. The van der Waals surface area contributed by atoms with Gasteiger partial charge >= 0.3 is 5.97 Å². The average molecular weight is 338 g/mol. The minimum atomic E-state index is -0.757. The first-order chi connectivity index (χ1) is 11.4. The van der Waals surface area contributed by atoms with Gasteiger partial charge in [0.1, 0.15) is 11.9 Å². The number of nitrogens with one attached hydrogen (secondary N) is 2. The molecule has 0 aliphatic rings. The number of ether oxygens (including phenoxy) is 1. The van der Waals surface area contributed by atoms with Gasteiger partial charge in [-0.15, -0.1) is 0 Å². The molecule has 0 spiro atoms. The van der Waals surface area contributed by atoms with E-state index in [4.69, 9.17) is 0 Å². The van der Waals surface area contributed by atoms with Crippen LogP contribution < -0.4 is 10.6 Å². The van der Waals surface area contributed by atoms with Crippen LogP contribution in [0.4, 0.5) is 4.39 Å². The van der Waals surface area contributed by atoms with Crippen LogP contribution in [0.1, 0.15) is 25.8 Å². The summed E-state index contributed by atoms with van der Waals surface area (Å²) >= 11 is 0. The highest BCUT2D eigenvalue weighted by atomic mass is 19.1. The van der Waals surface area contributed by atoms with Crippen LogP contribution in [-0.2, 0) is 25.5 Å². The summed E-state index contributed by atoms with van der Waals surface area (Å²) in [5.74, 6) is -1.94. The van der Waals surface area contributed by atoms with E-state index in [9.17, 15) is 18.8 Å². The summed E-state index contributed by atoms with van der Waals surface area (Å²) in [5, 5.41) is 5.00. The molecule has 2 N–H and O–H groups in total. The molecule has 1 rings (SSSR count). The second-order valence-corrected chi connectivity index (χ2v) is 5.54. The zero-order valence-electron chi connectivity index (χ0n) is 14.1. The van der Waals surface area contributed by atoms with Crippen molar-refractivity contribution < 1.29 is 23.5 Å². The second-order valence-electron chi connectivity index (χ2n) is 5.54. The lowest BCUT2D eigenvalue weighted by Gasteiger charge is -2.21. The predicted octanol–water partition coefficient (Wildman–Crippen LogP) is 1.19. The maximum Gasteiger partial charge on any atom is 0.328 e. The molecule has 0 unspecified atom stereocenters. The topological polar surface area (TPSA) is 84.5 Å². The Kier molecular flexibility index (Phi) is 7.88. The smallest absolute Gasteiger partial charge is 0.328 e. The Bertz CT molecular complexity index is 592. The second kappa shape index (κ2) is 9.64. The third-order valence-electron chi connectivity index (χ3n) is 3.68. The molecule has 24 heavy (non-hydrogen) atoms. The van der Waals surface area contributed by atoms with Crippen LogP contribution in [0.2, 0.25) is 0 Å². The molecule has 0 heterocycles. The van der Waals surface area contributed by atoms with Crippen molar-refractivity contribution in [1.82, 2.24) is 10.6 Å². The molecule has 0 saturated heterocycles. The van der Waals surface area contributed by atoms with Gasteiger partial charge in [0, 0.05) is 0 Å². The Morgan fingerprint density at radius 3 is 2.54 bits per heavy atom. The Hall–Kier alpha value is -2.44. The van der Waals surface area contributed by atoms with E-state index in [1.165, 1.54) is 25.3 Å². The van der Waals surface area contributed by atoms with Gasteiger partial charge < -0.3 is 15.4 Å². The lowest BCUT2D eigenvalue weighted by Crippen LogP contribution is -2.49. The maximum absolute atomic E-state index is 13.1. The van der Waals surface area contributed by atoms with Crippen LogP contribution in [0.25, 0.3) is 0 Å². The normalized spacial score (nSPS) is 12.8. The van der Waals surface area contributed by atoms with Gasteiger partial charge in [-0.3, -0.25) is 9.59 Å². The molecule has 0 aromatic heterocycles. The Balaban J connectivity index is 2.49. The first-order valence-electron chi connectivity index (χ1n) is 7.75. The van der Waals surface area contributed by atoms with Crippen molar-refractivity contribution in [3.8, 4) is 0 Å². The molecule has 2 amide bonds. The standard InChI is InChI=1S/C17H23FN2O4/c1-4-11(2)16(17(23)24-3)20-15(22)10-19-14(21)9-12-6-5-7-13(18)8-12/h5-8,11,16H,4,9-10H2,1-3H3,(H,19,21)(H,20,22)/t11-,16-/m1/s1. The number of hydrogen-bond donors (Lipinski definition) is 2. The molecule has 1 aromatic rings. The molecular weight excluding hydrogens is 315 g/mol. The molecule has 0 aliphatic carbocycles. The Morgan fingerprint density at radius 1 is 1.25 bits per heavy atom. The van der Waals surface area contributed by atoms with Crippen molar-refractivity contribution in [3.05, 3.63) is 35.6 Å². The molecule has 6 nitrogen and oxygen atoms in total. The summed E-state index contributed by atoms with van der Waals surface area (Å²) in [5.41, 5.74) is 0.514. The fourth-order valence-corrected chi connectivity index (χ4v) is 2.09. The zero-order valence-corrected chi connectivity index (χ0v) is 14.1. The number of benzene rings is 1. The van der Waals surface area contributed by atoms with Gasteiger partial charge in [-0.2, -0.15) is 0 Å². The number of carbonyl (C=O) groups excluding carboxylic acids is 3. The number of amides is 2. The monoisotopic (exact) mass is 338 g/mol. The third-order valence-corrected chi connectivity index (χ3v) is 3.68. The third kappa shape index (κ3) is 6.36. The van der Waals surface area contributed by atoms with Crippen LogP contribution in [0.15, 0.2) is 24.3 Å². The van der Waals surface area contributed by atoms with Gasteiger partial charge in [-0.05, 0) is 23.6 Å². The Labute approximate surface area is 140 Å². The zero-order chi connectivity index (χ0) is 18.1. The van der Waals surface area contributed by atoms with Gasteiger partial charge in [0.25, 0.3) is 0 Å². The van der Waals surface area contributed by atoms with Gasteiger partial charge in [-0.25, -0.2) is 9.18 Å². The molecular formula is C17H23FN2O4. The van der Waals surface area contributed by atoms with Crippen molar-refractivity contribution in [2.45, 2.75) is 32.7 Å². The molecule has 7 heteroatoms. The molecule has 0 radical (unpaired) electrons. The van der Waals surface area contributed by atoms with E-state index in [2.05, 4.69) is 15.4 Å². The van der Waals surface area contributed by atoms with E-state index in [0.29, 0.717) is 12.0 Å². The highest BCUT2D eigenvalue weighted by Crippen LogP contribution is 2.09. The number of esters is 1. The SMILES string of the molecule is CC[C@@H](C)[C@@H](NC(=O)CNC(=O)Cc1cccc(F)c1)C(=O)OC. The number of rotatable bonds is 8. The van der Waals surface area contributed by atoms with Gasteiger partial charge in [0.2, 0.25) is 11.8 Å². The number of carbonyl (C=O) groups is 3. The lowest BCUT2D eigenvalue weighted by atomic mass is 9.99. The summed E-state index contributed by atoms with van der Waals surface area (Å²) in [7, 11) is 1.25. The van der Waals surface area contributed by atoms with E-state index in [-0.39, 0.29) is 18.9 Å². The molecule has 2 atom stereocenters. The molecule has 0 bridgehead atoms. The van der Waals surface area contributed by atoms with Crippen LogP contribution in [0.5, 0.6) is 0 Å².